The monoisotopic (exact) mass is 708 g/mol. The molecule has 0 bridgehead atoms. The average molecular weight is 709 g/mol. The Hall–Kier alpha value is -5.07. The maximum Gasteiger partial charge on any atom is 0.343 e. The number of hydrogen-bond donors (Lipinski definition) is 0. The van der Waals surface area contributed by atoms with Crippen molar-refractivity contribution in [3.63, 3.8) is 0 Å². The van der Waals surface area contributed by atoms with Crippen molar-refractivity contribution in [2.45, 2.75) is 51.1 Å². The number of esters is 4. The van der Waals surface area contributed by atoms with Crippen molar-refractivity contribution in [3.8, 4) is 11.5 Å². The summed E-state index contributed by atoms with van der Waals surface area (Å²) in [6, 6.07) is 27.5. The second-order valence-electron chi connectivity index (χ2n) is 13.3. The molecular formula is C40H44O8Si2. The Bertz CT molecular complexity index is 1720. The van der Waals surface area contributed by atoms with Gasteiger partial charge in [0.05, 0.1) is 40.5 Å². The molecule has 8 nitrogen and oxygen atoms in total. The lowest BCUT2D eigenvalue weighted by molar-refractivity contribution is -0.138. The Morgan fingerprint density at radius 2 is 0.920 bits per heavy atom. The van der Waals surface area contributed by atoms with E-state index in [2.05, 4.69) is 39.3 Å². The van der Waals surface area contributed by atoms with Gasteiger partial charge in [-0.05, 0) is 72.1 Å². The molecule has 0 N–H and O–H groups in total. The van der Waals surface area contributed by atoms with Gasteiger partial charge in [-0.3, -0.25) is 0 Å². The van der Waals surface area contributed by atoms with Gasteiger partial charge in [0.2, 0.25) is 0 Å². The van der Waals surface area contributed by atoms with E-state index in [4.69, 9.17) is 18.9 Å². The van der Waals surface area contributed by atoms with E-state index in [0.29, 0.717) is 35.8 Å². The highest BCUT2D eigenvalue weighted by Crippen LogP contribution is 2.22. The first kappa shape index (κ1) is 37.7. The number of fused-ring (bicyclic) bond motifs is 1. The molecule has 0 unspecified atom stereocenters. The molecule has 4 aromatic rings. The van der Waals surface area contributed by atoms with E-state index in [1.165, 1.54) is 22.5 Å². The van der Waals surface area contributed by atoms with Crippen molar-refractivity contribution in [1.29, 1.82) is 0 Å². The zero-order chi connectivity index (χ0) is 36.3. The topological polar surface area (TPSA) is 105 Å². The third kappa shape index (κ3) is 10.5. The first-order chi connectivity index (χ1) is 23.8. The van der Waals surface area contributed by atoms with Crippen LogP contribution in [0.5, 0.6) is 11.5 Å². The molecule has 0 fully saturated rings. The zero-order valence-corrected chi connectivity index (χ0v) is 31.2. The molecule has 0 heterocycles. The van der Waals surface area contributed by atoms with Gasteiger partial charge in [0, 0.05) is 12.2 Å². The smallest absolute Gasteiger partial charge is 0.343 e. The summed E-state index contributed by atoms with van der Waals surface area (Å²) in [5.41, 5.74) is 0.787. The minimum Gasteiger partial charge on any atom is -0.463 e. The number of rotatable bonds is 16. The van der Waals surface area contributed by atoms with Gasteiger partial charge in [0.15, 0.2) is 0 Å². The molecule has 0 aromatic heterocycles. The number of benzene rings is 4. The van der Waals surface area contributed by atoms with Crippen LogP contribution in [-0.2, 0) is 19.1 Å². The van der Waals surface area contributed by atoms with Crippen LogP contribution in [-0.4, -0.2) is 53.2 Å². The van der Waals surface area contributed by atoms with Crippen molar-refractivity contribution in [2.24, 2.45) is 0 Å². The summed E-state index contributed by atoms with van der Waals surface area (Å²) in [5, 5.41) is 4.00. The summed E-state index contributed by atoms with van der Waals surface area (Å²) in [4.78, 5) is 48.5. The Kier molecular flexibility index (Phi) is 12.9. The minimum atomic E-state index is -1.78. The summed E-state index contributed by atoms with van der Waals surface area (Å²) >= 11 is 0. The molecule has 0 spiro atoms. The van der Waals surface area contributed by atoms with Gasteiger partial charge in [-0.15, -0.1) is 0 Å². The summed E-state index contributed by atoms with van der Waals surface area (Å²) in [5.74, 6) is -0.873. The van der Waals surface area contributed by atoms with Crippen molar-refractivity contribution >= 4 is 61.2 Å². The molecule has 0 aliphatic rings. The third-order valence-electron chi connectivity index (χ3n) is 8.72. The van der Waals surface area contributed by atoms with Gasteiger partial charge in [-0.25, -0.2) is 19.2 Å². The van der Waals surface area contributed by atoms with Crippen LogP contribution in [0.3, 0.4) is 0 Å². The van der Waals surface area contributed by atoms with Crippen LogP contribution in [0, 0.1) is 0 Å². The van der Waals surface area contributed by atoms with Crippen molar-refractivity contribution < 1.29 is 38.1 Å². The van der Waals surface area contributed by atoms with Crippen molar-refractivity contribution in [1.82, 2.24) is 0 Å². The second kappa shape index (κ2) is 17.0. The van der Waals surface area contributed by atoms with Crippen LogP contribution in [0.15, 0.2) is 110 Å². The molecule has 0 amide bonds. The molecule has 0 aliphatic carbocycles. The molecule has 4 rings (SSSR count). The largest absolute Gasteiger partial charge is 0.463 e. The molecule has 4 aromatic carbocycles. The fourth-order valence-electron chi connectivity index (χ4n) is 5.56. The molecule has 260 valence electrons. The summed E-state index contributed by atoms with van der Waals surface area (Å²) in [6.07, 6.45) is 3.88. The van der Waals surface area contributed by atoms with E-state index in [-0.39, 0.29) is 0 Å². The third-order valence-corrected chi connectivity index (χ3v) is 15.7. The van der Waals surface area contributed by atoms with E-state index < -0.39 is 40.0 Å². The van der Waals surface area contributed by atoms with Gasteiger partial charge in [0.25, 0.3) is 0 Å². The standard InChI is InChI=1S/C40H44O8Si2/c1-7-37(41)45-23-9-25-49(3,4)35-19-15-33(16-20-35)47-39(43)31-13-11-30-28-32(14-12-29(30)27-31)40(44)48-34-17-21-36(22-18-34)50(5,6)26-10-24-46-38(42)8-2/h7-8,11-22,27-28H,1-2,9-10,23-26H2,3-6H3. The predicted molar refractivity (Wildman–Crippen MR) is 202 cm³/mol. The van der Waals surface area contributed by atoms with Gasteiger partial charge < -0.3 is 18.9 Å². The van der Waals surface area contributed by atoms with Gasteiger partial charge in [0.1, 0.15) is 11.5 Å². The summed E-state index contributed by atoms with van der Waals surface area (Å²) in [6.45, 7) is 16.6. The number of hydrogen-bond acceptors (Lipinski definition) is 8. The fraction of sp³-hybridized carbons (Fsp3) is 0.250. The first-order valence-electron chi connectivity index (χ1n) is 16.6. The lowest BCUT2D eigenvalue weighted by Crippen LogP contribution is -2.41. The molecule has 0 radical (unpaired) electrons. The average Bonchev–Trinajstić information content (AvgIpc) is 3.11. The molecular weight excluding hydrogens is 665 g/mol. The van der Waals surface area contributed by atoms with Crippen LogP contribution in [0.2, 0.25) is 38.3 Å². The number of ether oxygens (including phenoxy) is 4. The highest BCUT2D eigenvalue weighted by molar-refractivity contribution is 6.90. The number of carbonyl (C=O) groups excluding carboxylic acids is 4. The van der Waals surface area contributed by atoms with E-state index in [0.717, 1.165) is 35.7 Å². The highest BCUT2D eigenvalue weighted by Gasteiger charge is 2.24. The first-order valence-corrected chi connectivity index (χ1v) is 23.0. The summed E-state index contributed by atoms with van der Waals surface area (Å²) in [7, 11) is -3.55. The maximum absolute atomic E-state index is 13.0. The molecule has 0 aliphatic heterocycles. The quantitative estimate of drug-likeness (QED) is 0.0392. The molecule has 0 saturated heterocycles. The van der Waals surface area contributed by atoms with Crippen LogP contribution in [0.25, 0.3) is 10.8 Å². The van der Waals surface area contributed by atoms with E-state index in [1.54, 1.807) is 36.4 Å². The summed E-state index contributed by atoms with van der Waals surface area (Å²) < 4.78 is 21.5. The van der Waals surface area contributed by atoms with Crippen LogP contribution < -0.4 is 19.8 Å². The Morgan fingerprint density at radius 1 is 0.560 bits per heavy atom. The van der Waals surface area contributed by atoms with E-state index >= 15 is 0 Å². The van der Waals surface area contributed by atoms with Gasteiger partial charge >= 0.3 is 23.9 Å². The Labute approximate surface area is 295 Å². The van der Waals surface area contributed by atoms with Crippen LogP contribution in [0.4, 0.5) is 0 Å². The maximum atomic E-state index is 13.0. The highest BCUT2D eigenvalue weighted by atomic mass is 28.3. The minimum absolute atomic E-state index is 0.366. The lowest BCUT2D eigenvalue weighted by Gasteiger charge is -2.23. The van der Waals surface area contributed by atoms with Gasteiger partial charge in [-0.1, -0.05) is 98.2 Å². The predicted octanol–water partition coefficient (Wildman–Crippen LogP) is 7.35. The van der Waals surface area contributed by atoms with Crippen molar-refractivity contribution in [2.75, 3.05) is 13.2 Å². The molecule has 0 atom stereocenters. The lowest BCUT2D eigenvalue weighted by atomic mass is 10.0. The number of carbonyl (C=O) groups is 4. The molecule has 0 saturated carbocycles. The Morgan fingerprint density at radius 3 is 1.26 bits per heavy atom. The molecule has 50 heavy (non-hydrogen) atoms. The normalized spacial score (nSPS) is 11.4. The van der Waals surface area contributed by atoms with Crippen molar-refractivity contribution in [3.05, 3.63) is 121 Å². The van der Waals surface area contributed by atoms with Crippen LogP contribution in [0.1, 0.15) is 33.6 Å². The van der Waals surface area contributed by atoms with Crippen LogP contribution >= 0.6 is 0 Å². The van der Waals surface area contributed by atoms with E-state index in [1.807, 2.05) is 48.5 Å². The fourth-order valence-corrected chi connectivity index (χ4v) is 10.3. The SMILES string of the molecule is C=CC(=O)OCCC[Si](C)(C)c1ccc(OC(=O)c2ccc3cc(C(=O)Oc4ccc([Si](C)(C)CCCOC(=O)C=C)cc4)ccc3c2)cc1. The Balaban J connectivity index is 1.32. The van der Waals surface area contributed by atoms with E-state index in [9.17, 15) is 19.2 Å². The van der Waals surface area contributed by atoms with Gasteiger partial charge in [-0.2, -0.15) is 0 Å². The second-order valence-corrected chi connectivity index (χ2v) is 23.0. The molecule has 10 heteroatoms. The zero-order valence-electron chi connectivity index (χ0n) is 29.2.